The second-order valence-corrected chi connectivity index (χ2v) is 11.6. The van der Waals surface area contributed by atoms with Crippen molar-refractivity contribution in [3.05, 3.63) is 47.5 Å². The van der Waals surface area contributed by atoms with Gasteiger partial charge in [0.25, 0.3) is 0 Å². The Hall–Kier alpha value is -2.67. The summed E-state index contributed by atoms with van der Waals surface area (Å²) >= 11 is 0. The van der Waals surface area contributed by atoms with Gasteiger partial charge in [0.2, 0.25) is 11.8 Å². The van der Waals surface area contributed by atoms with Gasteiger partial charge in [0, 0.05) is 18.0 Å². The molecule has 2 rings (SSSR count). The van der Waals surface area contributed by atoms with Crippen LogP contribution in [-0.2, 0) is 19.8 Å². The minimum absolute atomic E-state index is 0.00512. The molecule has 2 amide bonds. The average molecular weight is 500 g/mol. The number of benzene rings is 1. The van der Waals surface area contributed by atoms with E-state index in [0.717, 1.165) is 31.2 Å². The molecule has 0 spiro atoms. The Bertz CT molecular complexity index is 943. The zero-order valence-corrected chi connectivity index (χ0v) is 23.2. The summed E-state index contributed by atoms with van der Waals surface area (Å²) in [5.41, 5.74) is 0.439. The maximum absolute atomic E-state index is 13.9. The zero-order chi connectivity index (χ0) is 27.3. The fraction of sp³-hybridized carbons (Fsp3) is 0.621. The first-order chi connectivity index (χ1) is 16.8. The van der Waals surface area contributed by atoms with E-state index in [1.165, 1.54) is 6.92 Å². The summed E-state index contributed by atoms with van der Waals surface area (Å²) in [7, 11) is 3.49. The van der Waals surface area contributed by atoms with Gasteiger partial charge in [-0.05, 0) is 43.7 Å². The topological polar surface area (TPSA) is 98.7 Å². The Morgan fingerprint density at radius 2 is 1.64 bits per heavy atom. The largest absolute Gasteiger partial charge is 0.478 e. The summed E-state index contributed by atoms with van der Waals surface area (Å²) in [6.07, 6.45) is 5.52. The first kappa shape index (κ1) is 29.6. The molecule has 1 aliphatic rings. The Balaban J connectivity index is 2.39. The van der Waals surface area contributed by atoms with Crippen molar-refractivity contribution in [1.82, 2.24) is 15.5 Å². The van der Waals surface area contributed by atoms with Crippen LogP contribution in [-0.4, -0.2) is 60.0 Å². The zero-order valence-electron chi connectivity index (χ0n) is 23.2. The van der Waals surface area contributed by atoms with Crippen molar-refractivity contribution in [3.63, 3.8) is 0 Å². The number of aliphatic carboxylic acids is 1. The Labute approximate surface area is 216 Å². The number of nitrogens with one attached hydrogen (secondary N) is 2. The van der Waals surface area contributed by atoms with Crippen molar-refractivity contribution in [1.29, 1.82) is 0 Å². The van der Waals surface area contributed by atoms with Gasteiger partial charge in [0.05, 0.1) is 12.1 Å². The summed E-state index contributed by atoms with van der Waals surface area (Å²) in [6.45, 7) is 11.2. The van der Waals surface area contributed by atoms with E-state index in [9.17, 15) is 19.5 Å². The van der Waals surface area contributed by atoms with Crippen LogP contribution in [0.1, 0.15) is 72.8 Å². The molecule has 3 atom stereocenters. The molecule has 0 bridgehead atoms. The van der Waals surface area contributed by atoms with Crippen LogP contribution in [0.3, 0.4) is 0 Å². The molecule has 7 heteroatoms. The van der Waals surface area contributed by atoms with Crippen LogP contribution in [0.4, 0.5) is 0 Å². The molecule has 1 aromatic carbocycles. The van der Waals surface area contributed by atoms with E-state index in [2.05, 4.69) is 22.8 Å². The van der Waals surface area contributed by atoms with Gasteiger partial charge in [-0.25, -0.2) is 4.79 Å². The molecule has 0 aliphatic heterocycles. The number of amides is 2. The molecule has 0 heterocycles. The lowest BCUT2D eigenvalue weighted by Crippen LogP contribution is -2.62. The van der Waals surface area contributed by atoms with Gasteiger partial charge in [-0.1, -0.05) is 83.9 Å². The Morgan fingerprint density at radius 1 is 1.08 bits per heavy atom. The molecule has 36 heavy (non-hydrogen) atoms. The van der Waals surface area contributed by atoms with Crippen molar-refractivity contribution in [2.75, 3.05) is 14.1 Å². The number of carboxylic acid groups (broad SMARTS) is 1. The highest BCUT2D eigenvalue weighted by Crippen LogP contribution is 2.44. The molecule has 0 radical (unpaired) electrons. The highest BCUT2D eigenvalue weighted by atomic mass is 16.4. The third-order valence-corrected chi connectivity index (χ3v) is 7.58. The highest BCUT2D eigenvalue weighted by Gasteiger charge is 2.47. The molecular weight excluding hydrogens is 454 g/mol. The average Bonchev–Trinajstić information content (AvgIpc) is 3.30. The van der Waals surface area contributed by atoms with E-state index < -0.39 is 29.5 Å². The van der Waals surface area contributed by atoms with Gasteiger partial charge in [-0.2, -0.15) is 0 Å². The molecule has 1 unspecified atom stereocenters. The first-order valence-corrected chi connectivity index (χ1v) is 13.0. The van der Waals surface area contributed by atoms with Crippen molar-refractivity contribution >= 4 is 17.8 Å². The van der Waals surface area contributed by atoms with Crippen LogP contribution in [0.15, 0.2) is 42.0 Å². The van der Waals surface area contributed by atoms with E-state index >= 15 is 0 Å². The molecule has 200 valence electrons. The number of nitrogens with zero attached hydrogens (tertiary/aromatic N) is 1. The van der Waals surface area contributed by atoms with Crippen molar-refractivity contribution < 1.29 is 19.5 Å². The summed E-state index contributed by atoms with van der Waals surface area (Å²) in [5.74, 6) is -1.45. The van der Waals surface area contributed by atoms with Gasteiger partial charge >= 0.3 is 5.97 Å². The second kappa shape index (κ2) is 12.0. The molecule has 0 saturated heterocycles. The number of carbonyl (C=O) groups excluding carboxylic acids is 2. The van der Waals surface area contributed by atoms with Crippen molar-refractivity contribution in [2.24, 2.45) is 11.3 Å². The van der Waals surface area contributed by atoms with Gasteiger partial charge < -0.3 is 20.6 Å². The van der Waals surface area contributed by atoms with Gasteiger partial charge in [0.1, 0.15) is 6.04 Å². The summed E-state index contributed by atoms with van der Waals surface area (Å²) in [6, 6.07) is 8.50. The predicted octanol–water partition coefficient (Wildman–Crippen LogP) is 4.13. The molecule has 1 aliphatic carbocycles. The van der Waals surface area contributed by atoms with E-state index in [-0.39, 0.29) is 28.7 Å². The van der Waals surface area contributed by atoms with Crippen molar-refractivity contribution in [3.8, 4) is 0 Å². The fourth-order valence-corrected chi connectivity index (χ4v) is 5.48. The standard InChI is InChI=1S/C29H45N3O4/c1-19(2)22(18-20(3)27(35)36)32(8)26(34)24(28(4,5)6)31-25(33)23(30-7)29(16-12-13-17-29)21-14-10-9-11-15-21/h9-11,14-15,18-19,22-24,30H,12-13,16-17H2,1-8H3,(H,31,33)(H,35,36)/t22?,23-,24+/m0/s1. The maximum atomic E-state index is 13.9. The summed E-state index contributed by atoms with van der Waals surface area (Å²) in [4.78, 5) is 40.7. The first-order valence-electron chi connectivity index (χ1n) is 13.0. The molecular formula is C29H45N3O4. The molecule has 1 saturated carbocycles. The monoisotopic (exact) mass is 499 g/mol. The quantitative estimate of drug-likeness (QED) is 0.421. The minimum Gasteiger partial charge on any atom is -0.478 e. The second-order valence-electron chi connectivity index (χ2n) is 11.6. The van der Waals surface area contributed by atoms with E-state index in [4.69, 9.17) is 0 Å². The van der Waals surface area contributed by atoms with Crippen LogP contribution in [0, 0.1) is 11.3 Å². The van der Waals surface area contributed by atoms with Crippen molar-refractivity contribution in [2.45, 2.75) is 90.8 Å². The number of hydrogen-bond donors (Lipinski definition) is 3. The van der Waals surface area contributed by atoms with Crippen LogP contribution < -0.4 is 10.6 Å². The van der Waals surface area contributed by atoms with Gasteiger partial charge in [-0.3, -0.25) is 9.59 Å². The number of likely N-dealkylation sites (N-methyl/N-ethyl adjacent to an activating group) is 2. The van der Waals surface area contributed by atoms with E-state index in [1.54, 1.807) is 18.0 Å². The van der Waals surface area contributed by atoms with E-state index in [1.807, 2.05) is 59.9 Å². The lowest BCUT2D eigenvalue weighted by Gasteiger charge is -2.41. The summed E-state index contributed by atoms with van der Waals surface area (Å²) in [5, 5.41) is 15.7. The predicted molar refractivity (Wildman–Crippen MR) is 144 cm³/mol. The third-order valence-electron chi connectivity index (χ3n) is 7.58. The Kier molecular flexibility index (Phi) is 9.89. The number of carboxylic acids is 1. The SMILES string of the molecule is CN[C@@H](C(=O)N[C@H](C(=O)N(C)C(C=C(C)C(=O)O)C(C)C)C(C)(C)C)C1(c2ccccc2)CCCC1. The molecule has 3 N–H and O–H groups in total. The molecule has 1 fully saturated rings. The molecule has 0 aromatic heterocycles. The third kappa shape index (κ3) is 6.55. The van der Waals surface area contributed by atoms with Gasteiger partial charge in [-0.15, -0.1) is 0 Å². The number of hydrogen-bond acceptors (Lipinski definition) is 4. The van der Waals surface area contributed by atoms with Gasteiger partial charge in [0.15, 0.2) is 0 Å². The summed E-state index contributed by atoms with van der Waals surface area (Å²) < 4.78 is 0. The maximum Gasteiger partial charge on any atom is 0.331 e. The van der Waals surface area contributed by atoms with E-state index in [0.29, 0.717) is 0 Å². The van der Waals surface area contributed by atoms with Crippen LogP contribution in [0.25, 0.3) is 0 Å². The highest BCUT2D eigenvalue weighted by molar-refractivity contribution is 5.92. The van der Waals surface area contributed by atoms with Crippen LogP contribution >= 0.6 is 0 Å². The number of rotatable bonds is 10. The fourth-order valence-electron chi connectivity index (χ4n) is 5.48. The Morgan fingerprint density at radius 3 is 2.08 bits per heavy atom. The molecule has 7 nitrogen and oxygen atoms in total. The minimum atomic E-state index is -1.01. The van der Waals surface area contributed by atoms with Crippen LogP contribution in [0.5, 0.6) is 0 Å². The van der Waals surface area contributed by atoms with Crippen LogP contribution in [0.2, 0.25) is 0 Å². The number of carbonyl (C=O) groups is 3. The normalized spacial score (nSPS) is 18.4. The lowest BCUT2D eigenvalue weighted by molar-refractivity contribution is -0.141. The lowest BCUT2D eigenvalue weighted by atomic mass is 9.72. The molecule has 1 aromatic rings. The smallest absolute Gasteiger partial charge is 0.331 e.